The Balaban J connectivity index is 1.74. The smallest absolute Gasteiger partial charge is 0.350 e. The number of aromatic nitrogens is 1. The Bertz CT molecular complexity index is 1610. The maximum atomic E-state index is 13.8. The van der Waals surface area contributed by atoms with Gasteiger partial charge in [-0.15, -0.1) is 0 Å². The molecule has 1 aliphatic rings. The maximum Gasteiger partial charge on any atom is 0.350 e. The number of thiazole rings is 1. The van der Waals surface area contributed by atoms with Crippen LogP contribution in [0.3, 0.4) is 0 Å². The number of rotatable bonds is 8. The van der Waals surface area contributed by atoms with Gasteiger partial charge in [0, 0.05) is 0 Å². The minimum absolute atomic E-state index is 0.0598. The predicted octanol–water partition coefficient (Wildman–Crippen LogP) is 5.28. The number of aryl methyl sites for hydroxylation is 1. The number of para-hydroxylation sites is 1. The highest BCUT2D eigenvalue weighted by Gasteiger charge is 2.45. The van der Waals surface area contributed by atoms with E-state index in [1.807, 2.05) is 13.8 Å². The van der Waals surface area contributed by atoms with Gasteiger partial charge in [-0.3, -0.25) is 14.5 Å². The van der Waals surface area contributed by atoms with Crippen LogP contribution in [0.5, 0.6) is 11.5 Å². The monoisotopic (exact) mass is 534 g/mol. The van der Waals surface area contributed by atoms with Crippen LogP contribution in [0.4, 0.5) is 5.13 Å². The summed E-state index contributed by atoms with van der Waals surface area (Å²) in [5.41, 5.74) is 1.23. The maximum absolute atomic E-state index is 13.8. The first-order valence-corrected chi connectivity index (χ1v) is 13.1. The lowest BCUT2D eigenvalue weighted by atomic mass is 9.98. The van der Waals surface area contributed by atoms with Crippen LogP contribution < -0.4 is 19.8 Å². The van der Waals surface area contributed by atoms with Gasteiger partial charge in [0.1, 0.15) is 10.5 Å². The number of carbonyl (C=O) groups excluding carboxylic acids is 2. The summed E-state index contributed by atoms with van der Waals surface area (Å²) in [5, 5.41) is 0.612. The van der Waals surface area contributed by atoms with E-state index in [9.17, 15) is 14.4 Å². The Labute approximate surface area is 222 Å². The van der Waals surface area contributed by atoms with Gasteiger partial charge in [-0.05, 0) is 50.1 Å². The summed E-state index contributed by atoms with van der Waals surface area (Å²) < 4.78 is 22.6. The molecule has 0 fully saturated rings. The summed E-state index contributed by atoms with van der Waals surface area (Å²) in [5.74, 6) is -0.0760. The molecule has 1 aliphatic heterocycles. The fourth-order valence-electron chi connectivity index (χ4n) is 4.49. The van der Waals surface area contributed by atoms with Crippen LogP contribution in [-0.4, -0.2) is 37.2 Å². The third-order valence-electron chi connectivity index (χ3n) is 6.18. The number of esters is 1. The Hall–Kier alpha value is -4.18. The van der Waals surface area contributed by atoms with Gasteiger partial charge in [-0.1, -0.05) is 36.5 Å². The Morgan fingerprint density at radius 2 is 1.89 bits per heavy atom. The first kappa shape index (κ1) is 25.5. The second-order valence-corrected chi connectivity index (χ2v) is 9.62. The molecule has 2 aromatic carbocycles. The summed E-state index contributed by atoms with van der Waals surface area (Å²) >= 11 is 1.02. The highest BCUT2D eigenvalue weighted by atomic mass is 32.1. The third kappa shape index (κ3) is 4.20. The minimum atomic E-state index is -0.867. The van der Waals surface area contributed by atoms with Crippen molar-refractivity contribution in [3.8, 4) is 11.5 Å². The van der Waals surface area contributed by atoms with Gasteiger partial charge < -0.3 is 18.6 Å². The average Bonchev–Trinajstić information content (AvgIpc) is 3.45. The van der Waals surface area contributed by atoms with E-state index in [2.05, 4.69) is 4.98 Å². The molecule has 1 atom stereocenters. The third-order valence-corrected chi connectivity index (χ3v) is 7.32. The lowest BCUT2D eigenvalue weighted by Gasteiger charge is -2.23. The lowest BCUT2D eigenvalue weighted by molar-refractivity contribution is 0.0605. The first-order chi connectivity index (χ1) is 18.4. The number of fused-ring (bicyclic) bond motifs is 2. The molecule has 0 saturated carbocycles. The van der Waals surface area contributed by atoms with E-state index in [4.69, 9.17) is 18.6 Å². The summed E-state index contributed by atoms with van der Waals surface area (Å²) in [6.45, 7) is 6.46. The molecule has 9 nitrogen and oxygen atoms in total. The van der Waals surface area contributed by atoms with Crippen molar-refractivity contribution in [2.45, 2.75) is 33.2 Å². The molecule has 1 amide bonds. The number of methoxy groups -OCH3 is 1. The molecular weight excluding hydrogens is 508 g/mol. The van der Waals surface area contributed by atoms with Crippen LogP contribution in [0.1, 0.15) is 63.4 Å². The molecule has 0 aliphatic carbocycles. The van der Waals surface area contributed by atoms with E-state index in [1.54, 1.807) is 49.4 Å². The fraction of sp³-hybridized carbons (Fsp3) is 0.286. The van der Waals surface area contributed by atoms with Crippen molar-refractivity contribution >= 4 is 39.3 Å². The van der Waals surface area contributed by atoms with Gasteiger partial charge in [0.05, 0.1) is 43.0 Å². The van der Waals surface area contributed by atoms with Gasteiger partial charge in [-0.2, -0.15) is 0 Å². The second-order valence-electron chi connectivity index (χ2n) is 8.64. The fourth-order valence-corrected chi connectivity index (χ4v) is 5.51. The van der Waals surface area contributed by atoms with Crippen molar-refractivity contribution < 1.29 is 28.2 Å². The molecule has 0 radical (unpaired) electrons. The number of anilines is 1. The van der Waals surface area contributed by atoms with E-state index in [0.29, 0.717) is 46.9 Å². The number of hydrogen-bond acceptors (Lipinski definition) is 9. The summed E-state index contributed by atoms with van der Waals surface area (Å²) in [6.07, 6.45) is 0.825. The number of hydrogen-bond donors (Lipinski definition) is 0. The molecule has 5 rings (SSSR count). The van der Waals surface area contributed by atoms with Gasteiger partial charge in [0.15, 0.2) is 22.1 Å². The molecule has 10 heteroatoms. The average molecular weight is 535 g/mol. The highest BCUT2D eigenvalue weighted by molar-refractivity contribution is 7.17. The molecule has 38 heavy (non-hydrogen) atoms. The van der Waals surface area contributed by atoms with Crippen molar-refractivity contribution in [2.75, 3.05) is 25.2 Å². The predicted molar refractivity (Wildman–Crippen MR) is 143 cm³/mol. The number of carbonyl (C=O) groups is 2. The lowest BCUT2D eigenvalue weighted by Crippen LogP contribution is -2.29. The Kier molecular flexibility index (Phi) is 6.90. The topological polar surface area (TPSA) is 108 Å². The van der Waals surface area contributed by atoms with Crippen LogP contribution in [0.2, 0.25) is 0 Å². The molecule has 196 valence electrons. The van der Waals surface area contributed by atoms with Crippen LogP contribution in [0.25, 0.3) is 11.0 Å². The minimum Gasteiger partial charge on any atom is -0.490 e. The van der Waals surface area contributed by atoms with Crippen molar-refractivity contribution in [3.63, 3.8) is 0 Å². The molecule has 0 saturated heterocycles. The van der Waals surface area contributed by atoms with Crippen molar-refractivity contribution in [2.24, 2.45) is 0 Å². The normalized spacial score (nSPS) is 14.6. The Morgan fingerprint density at radius 1 is 1.11 bits per heavy atom. The van der Waals surface area contributed by atoms with Crippen molar-refractivity contribution in [3.05, 3.63) is 80.1 Å². The molecule has 0 spiro atoms. The van der Waals surface area contributed by atoms with Crippen molar-refractivity contribution in [1.82, 2.24) is 4.98 Å². The van der Waals surface area contributed by atoms with Crippen LogP contribution in [0, 0.1) is 6.92 Å². The summed E-state index contributed by atoms with van der Waals surface area (Å²) in [6, 6.07) is 11.3. The Morgan fingerprint density at radius 3 is 2.63 bits per heavy atom. The second kappa shape index (κ2) is 10.3. The van der Waals surface area contributed by atoms with Gasteiger partial charge >= 0.3 is 5.97 Å². The SMILES string of the molecule is CCCOc1ccc([C@@H]2c3c(oc4ccccc4c3=O)C(=O)N2c2nc(C)c(C(=O)OC)s2)cc1OCC. The number of nitrogens with zero attached hydrogens (tertiary/aromatic N) is 2. The molecule has 4 aromatic rings. The van der Waals surface area contributed by atoms with Crippen molar-refractivity contribution in [1.29, 1.82) is 0 Å². The van der Waals surface area contributed by atoms with Crippen LogP contribution >= 0.6 is 11.3 Å². The molecular formula is C28H26N2O7S. The zero-order valence-electron chi connectivity index (χ0n) is 21.4. The zero-order valence-corrected chi connectivity index (χ0v) is 22.2. The van der Waals surface area contributed by atoms with Gasteiger partial charge in [-0.25, -0.2) is 9.78 Å². The standard InChI is InChI=1S/C28H26N2O7S/c1-5-13-36-19-12-11-16(14-20(19)35-6-2)22-21-23(31)17-9-7-8-10-18(17)37-24(21)26(32)30(22)28-29-15(3)25(38-28)27(33)34-4/h7-12,14,22H,5-6,13H2,1-4H3/t22-/m1/s1. The first-order valence-electron chi connectivity index (χ1n) is 12.2. The summed E-state index contributed by atoms with van der Waals surface area (Å²) in [4.78, 5) is 46.1. The summed E-state index contributed by atoms with van der Waals surface area (Å²) in [7, 11) is 1.28. The molecule has 0 unspecified atom stereocenters. The van der Waals surface area contributed by atoms with Crippen LogP contribution in [-0.2, 0) is 4.74 Å². The molecule has 2 aromatic heterocycles. The number of amides is 1. The van der Waals surface area contributed by atoms with Crippen LogP contribution in [0.15, 0.2) is 51.7 Å². The zero-order chi connectivity index (χ0) is 27.0. The van der Waals surface area contributed by atoms with E-state index >= 15 is 0 Å². The molecule has 0 bridgehead atoms. The highest BCUT2D eigenvalue weighted by Crippen LogP contribution is 2.44. The largest absolute Gasteiger partial charge is 0.490 e. The number of ether oxygens (including phenoxy) is 3. The number of benzene rings is 2. The van der Waals surface area contributed by atoms with Gasteiger partial charge in [0.25, 0.3) is 5.91 Å². The van der Waals surface area contributed by atoms with E-state index < -0.39 is 17.9 Å². The van der Waals surface area contributed by atoms with E-state index in [1.165, 1.54) is 12.0 Å². The van der Waals surface area contributed by atoms with E-state index in [-0.39, 0.29) is 26.8 Å². The molecule has 3 heterocycles. The van der Waals surface area contributed by atoms with Gasteiger partial charge in [0.2, 0.25) is 5.76 Å². The van der Waals surface area contributed by atoms with E-state index in [0.717, 1.165) is 17.8 Å². The molecule has 0 N–H and O–H groups in total. The quantitative estimate of drug-likeness (QED) is 0.281.